The summed E-state index contributed by atoms with van der Waals surface area (Å²) in [5.41, 5.74) is 3.26. The average molecular weight is 349 g/mol. The highest BCUT2D eigenvalue weighted by Gasteiger charge is 2.32. The smallest absolute Gasteiger partial charge is 0.318 e. The lowest BCUT2D eigenvalue weighted by molar-refractivity contribution is 0.180. The molecule has 0 bridgehead atoms. The van der Waals surface area contributed by atoms with Crippen molar-refractivity contribution in [3.63, 3.8) is 0 Å². The van der Waals surface area contributed by atoms with E-state index in [9.17, 15) is 4.79 Å². The van der Waals surface area contributed by atoms with Crippen LogP contribution in [0.15, 0.2) is 66.2 Å². The van der Waals surface area contributed by atoms with Crippen LogP contribution in [0, 0.1) is 0 Å². The van der Waals surface area contributed by atoms with Crippen molar-refractivity contribution in [2.75, 3.05) is 6.54 Å². The molecule has 25 heavy (non-hydrogen) atoms. The second-order valence-electron chi connectivity index (χ2n) is 6.04. The van der Waals surface area contributed by atoms with Gasteiger partial charge in [0.25, 0.3) is 0 Å². The van der Waals surface area contributed by atoms with Gasteiger partial charge in [0.1, 0.15) is 0 Å². The molecule has 0 spiro atoms. The van der Waals surface area contributed by atoms with Crippen molar-refractivity contribution in [2.45, 2.75) is 19.0 Å². The molecule has 0 unspecified atom stereocenters. The van der Waals surface area contributed by atoms with E-state index in [0.717, 1.165) is 24.2 Å². The van der Waals surface area contributed by atoms with Crippen LogP contribution < -0.4 is 5.32 Å². The van der Waals surface area contributed by atoms with Crippen molar-refractivity contribution in [1.29, 1.82) is 0 Å². The van der Waals surface area contributed by atoms with E-state index in [-0.39, 0.29) is 12.1 Å². The molecule has 2 amide bonds. The van der Waals surface area contributed by atoms with E-state index in [1.807, 2.05) is 41.3 Å². The molecule has 0 saturated carbocycles. The Balaban J connectivity index is 1.58. The topological polar surface area (TPSA) is 45.2 Å². The standard InChI is InChI=1S/C20H19N3OS/c24-20(22-14-16-8-4-5-11-21-16)23-12-9-18-17(10-13-25-18)19(23)15-6-2-1-3-7-15/h1-8,10-11,13,19H,9,12,14H2,(H,22,24)/t19-/m1/s1. The summed E-state index contributed by atoms with van der Waals surface area (Å²) < 4.78 is 0. The van der Waals surface area contributed by atoms with Crippen LogP contribution in [0.4, 0.5) is 4.79 Å². The number of hydrogen-bond donors (Lipinski definition) is 1. The van der Waals surface area contributed by atoms with Gasteiger partial charge in [-0.05, 0) is 41.1 Å². The number of pyridine rings is 1. The van der Waals surface area contributed by atoms with Gasteiger partial charge in [0.2, 0.25) is 0 Å². The maximum Gasteiger partial charge on any atom is 0.318 e. The van der Waals surface area contributed by atoms with Crippen LogP contribution in [0.25, 0.3) is 0 Å². The second-order valence-corrected chi connectivity index (χ2v) is 7.04. The fourth-order valence-corrected chi connectivity index (χ4v) is 4.20. The molecule has 0 saturated heterocycles. The molecule has 4 nitrogen and oxygen atoms in total. The number of nitrogens with one attached hydrogen (secondary N) is 1. The molecule has 3 aromatic rings. The summed E-state index contributed by atoms with van der Waals surface area (Å²) in [6.07, 6.45) is 2.65. The molecule has 1 aliphatic rings. The molecule has 0 fully saturated rings. The number of aromatic nitrogens is 1. The number of carbonyl (C=O) groups excluding carboxylic acids is 1. The molecule has 2 aromatic heterocycles. The molecule has 3 heterocycles. The number of urea groups is 1. The second kappa shape index (κ2) is 7.07. The fourth-order valence-electron chi connectivity index (χ4n) is 3.30. The summed E-state index contributed by atoms with van der Waals surface area (Å²) in [4.78, 5) is 20.5. The monoisotopic (exact) mass is 349 g/mol. The van der Waals surface area contributed by atoms with E-state index in [0.29, 0.717) is 6.54 Å². The number of fused-ring (bicyclic) bond motifs is 1. The number of thiophene rings is 1. The van der Waals surface area contributed by atoms with Crippen LogP contribution in [-0.4, -0.2) is 22.5 Å². The van der Waals surface area contributed by atoms with Gasteiger partial charge in [-0.2, -0.15) is 0 Å². The van der Waals surface area contributed by atoms with E-state index in [4.69, 9.17) is 0 Å². The number of carbonyl (C=O) groups is 1. The van der Waals surface area contributed by atoms with Crippen LogP contribution in [0.1, 0.15) is 27.7 Å². The average Bonchev–Trinajstić information content (AvgIpc) is 3.15. The van der Waals surface area contributed by atoms with E-state index < -0.39 is 0 Å². The van der Waals surface area contributed by atoms with E-state index in [1.54, 1.807) is 17.5 Å². The van der Waals surface area contributed by atoms with Crippen LogP contribution in [0.2, 0.25) is 0 Å². The zero-order valence-corrected chi connectivity index (χ0v) is 14.6. The summed E-state index contributed by atoms with van der Waals surface area (Å²) >= 11 is 1.78. The minimum Gasteiger partial charge on any atom is -0.332 e. The molecule has 4 rings (SSSR count). The lowest BCUT2D eigenvalue weighted by Gasteiger charge is -2.36. The number of nitrogens with zero attached hydrogens (tertiary/aromatic N) is 2. The molecule has 1 atom stereocenters. The van der Waals surface area contributed by atoms with Gasteiger partial charge in [0.05, 0.1) is 18.3 Å². The van der Waals surface area contributed by atoms with Gasteiger partial charge in [-0.3, -0.25) is 4.98 Å². The third-order valence-corrected chi connectivity index (χ3v) is 5.49. The molecule has 1 aliphatic heterocycles. The highest BCUT2D eigenvalue weighted by atomic mass is 32.1. The molecule has 1 N–H and O–H groups in total. The van der Waals surface area contributed by atoms with Crippen LogP contribution in [-0.2, 0) is 13.0 Å². The summed E-state index contributed by atoms with van der Waals surface area (Å²) in [6, 6.07) is 18.0. The van der Waals surface area contributed by atoms with E-state index in [1.165, 1.54) is 10.4 Å². The third-order valence-electron chi connectivity index (χ3n) is 4.49. The molecule has 0 aliphatic carbocycles. The normalized spacial score (nSPS) is 16.3. The summed E-state index contributed by atoms with van der Waals surface area (Å²) in [5, 5.41) is 5.14. The molecule has 5 heteroatoms. The Morgan fingerprint density at radius 1 is 1.16 bits per heavy atom. The minimum absolute atomic E-state index is 0.0278. The zero-order chi connectivity index (χ0) is 17.1. The van der Waals surface area contributed by atoms with Crippen molar-refractivity contribution in [3.05, 3.63) is 87.9 Å². The van der Waals surface area contributed by atoms with Crippen LogP contribution >= 0.6 is 11.3 Å². The van der Waals surface area contributed by atoms with Gasteiger partial charge in [0, 0.05) is 17.6 Å². The van der Waals surface area contributed by atoms with Gasteiger partial charge >= 0.3 is 6.03 Å². The first-order valence-corrected chi connectivity index (χ1v) is 9.26. The highest BCUT2D eigenvalue weighted by Crippen LogP contribution is 2.37. The Morgan fingerprint density at radius 2 is 2.00 bits per heavy atom. The fraction of sp³-hybridized carbons (Fsp3) is 0.200. The quantitative estimate of drug-likeness (QED) is 0.777. The predicted octanol–water partition coefficient (Wildman–Crippen LogP) is 4.00. The maximum absolute atomic E-state index is 12.9. The van der Waals surface area contributed by atoms with Crippen molar-refractivity contribution < 1.29 is 4.79 Å². The Kier molecular flexibility index (Phi) is 4.48. The van der Waals surface area contributed by atoms with Gasteiger partial charge in [-0.25, -0.2) is 4.79 Å². The summed E-state index contributed by atoms with van der Waals surface area (Å²) in [5.74, 6) is 0. The van der Waals surface area contributed by atoms with Gasteiger partial charge in [0.15, 0.2) is 0 Å². The lowest BCUT2D eigenvalue weighted by atomic mass is 9.93. The highest BCUT2D eigenvalue weighted by molar-refractivity contribution is 7.10. The lowest BCUT2D eigenvalue weighted by Crippen LogP contribution is -2.45. The predicted molar refractivity (Wildman–Crippen MR) is 99.5 cm³/mol. The minimum atomic E-state index is -0.0450. The number of rotatable bonds is 3. The molecule has 126 valence electrons. The molecular formula is C20H19N3OS. The molecule has 0 radical (unpaired) electrons. The molecule has 1 aromatic carbocycles. The Labute approximate surface area is 151 Å². The molecular weight excluding hydrogens is 330 g/mol. The third kappa shape index (κ3) is 3.28. The first-order chi connectivity index (χ1) is 12.3. The summed E-state index contributed by atoms with van der Waals surface area (Å²) in [7, 11) is 0. The first kappa shape index (κ1) is 15.8. The zero-order valence-electron chi connectivity index (χ0n) is 13.8. The number of hydrogen-bond acceptors (Lipinski definition) is 3. The maximum atomic E-state index is 12.9. The number of benzene rings is 1. The van der Waals surface area contributed by atoms with Crippen molar-refractivity contribution in [3.8, 4) is 0 Å². The summed E-state index contributed by atoms with van der Waals surface area (Å²) in [6.45, 7) is 1.16. The SMILES string of the molecule is O=C(NCc1ccccn1)N1CCc2sccc2[C@H]1c1ccccc1. The van der Waals surface area contributed by atoms with Crippen molar-refractivity contribution in [2.24, 2.45) is 0 Å². The van der Waals surface area contributed by atoms with E-state index in [2.05, 4.69) is 33.9 Å². The number of amides is 2. The van der Waals surface area contributed by atoms with Gasteiger partial charge in [-0.1, -0.05) is 36.4 Å². The Hall–Kier alpha value is -2.66. The van der Waals surface area contributed by atoms with Gasteiger partial charge in [-0.15, -0.1) is 11.3 Å². The largest absolute Gasteiger partial charge is 0.332 e. The first-order valence-electron chi connectivity index (χ1n) is 8.38. The van der Waals surface area contributed by atoms with Crippen LogP contribution in [0.3, 0.4) is 0 Å². The Morgan fingerprint density at radius 3 is 2.80 bits per heavy atom. The van der Waals surface area contributed by atoms with Crippen molar-refractivity contribution >= 4 is 17.4 Å². The van der Waals surface area contributed by atoms with Gasteiger partial charge < -0.3 is 10.2 Å². The Bertz CT molecular complexity index is 848. The van der Waals surface area contributed by atoms with Crippen LogP contribution in [0.5, 0.6) is 0 Å². The van der Waals surface area contributed by atoms with E-state index >= 15 is 0 Å². The van der Waals surface area contributed by atoms with Crippen molar-refractivity contribution in [1.82, 2.24) is 15.2 Å².